The molecule has 24 nitrogen and oxygen atoms in total. The first-order valence-electron chi connectivity index (χ1n) is 22.8. The summed E-state index contributed by atoms with van der Waals surface area (Å²) in [6, 6.07) is 0.156. The number of benzene rings is 1. The predicted octanol–water partition coefficient (Wildman–Crippen LogP) is -0.809. The largest absolute Gasteiger partial charge is 0.481 e. The number of guanidine groups is 1. The van der Waals surface area contributed by atoms with Crippen molar-refractivity contribution in [3.63, 3.8) is 0 Å². The maximum Gasteiger partial charge on any atom is 0.326 e. The summed E-state index contributed by atoms with van der Waals surface area (Å²) in [6.45, 7) is 9.86. The summed E-state index contributed by atoms with van der Waals surface area (Å²) in [5, 5.41) is 44.0. The first-order chi connectivity index (χ1) is 33.3. The number of methoxy groups -OCH3 is 1. The minimum absolute atomic E-state index is 0.0224. The molecule has 0 spiro atoms. The molecule has 0 unspecified atom stereocenters. The van der Waals surface area contributed by atoms with Crippen molar-refractivity contribution < 1.29 is 68.0 Å². The Kier molecular flexibility index (Phi) is 24.6. The quantitative estimate of drug-likeness (QED) is 0.0317. The van der Waals surface area contributed by atoms with Gasteiger partial charge in [0.25, 0.3) is 5.91 Å². The molecule has 390 valence electrons. The average Bonchev–Trinajstić information content (AvgIpc) is 3.31. The molecule has 1 fully saturated rings. The zero-order chi connectivity index (χ0) is 53.5. The number of carbonyl (C=O) groups is 10. The number of carboxylic acid groups (broad SMARTS) is 3. The molecular weight excluding hydrogens is 929 g/mol. The molecule has 0 saturated carbocycles. The van der Waals surface area contributed by atoms with Gasteiger partial charge in [-0.25, -0.2) is 9.59 Å². The van der Waals surface area contributed by atoms with Crippen molar-refractivity contribution >= 4 is 65.2 Å². The third-order valence-corrected chi connectivity index (χ3v) is 11.4. The Morgan fingerprint density at radius 3 is 2.06 bits per heavy atom. The van der Waals surface area contributed by atoms with E-state index in [0.29, 0.717) is 12.0 Å². The van der Waals surface area contributed by atoms with Gasteiger partial charge in [-0.1, -0.05) is 74.6 Å². The molecule has 1 aliphatic heterocycles. The van der Waals surface area contributed by atoms with Crippen molar-refractivity contribution in [1.82, 2.24) is 36.8 Å². The molecule has 0 aromatic heterocycles. The summed E-state index contributed by atoms with van der Waals surface area (Å²) in [5.74, 6) is -13.2. The lowest BCUT2D eigenvalue weighted by atomic mass is 9.94. The number of aliphatic imine (C=N–C) groups is 1. The number of aliphatic carboxylic acids is 3. The van der Waals surface area contributed by atoms with Crippen LogP contribution < -0.4 is 43.4 Å². The molecule has 71 heavy (non-hydrogen) atoms. The lowest BCUT2D eigenvalue weighted by Crippen LogP contribution is -2.56. The molecule has 1 aliphatic rings. The van der Waals surface area contributed by atoms with Gasteiger partial charge in [0.2, 0.25) is 35.4 Å². The highest BCUT2D eigenvalue weighted by atomic mass is 16.5. The molecule has 0 aliphatic carbocycles. The van der Waals surface area contributed by atoms with Gasteiger partial charge in [-0.05, 0) is 51.5 Å². The normalized spacial score (nSPS) is 24.1. The molecule has 24 heteroatoms. The number of likely N-dealkylation sites (N-methyl/N-ethyl adjacent to an activating group) is 1. The summed E-state index contributed by atoms with van der Waals surface area (Å²) in [4.78, 5) is 136. The maximum atomic E-state index is 14.1. The Morgan fingerprint density at radius 1 is 0.859 bits per heavy atom. The lowest BCUT2D eigenvalue weighted by Gasteiger charge is -2.27. The Morgan fingerprint density at radius 2 is 1.46 bits per heavy atom. The number of allylic oxidation sites excluding steroid dienone is 2. The van der Waals surface area contributed by atoms with Crippen LogP contribution in [0.1, 0.15) is 78.2 Å². The third-order valence-electron chi connectivity index (χ3n) is 11.4. The number of nitrogens with one attached hydrogen (secondary N) is 6. The van der Waals surface area contributed by atoms with Crippen molar-refractivity contribution in [2.45, 2.75) is 121 Å². The highest BCUT2D eigenvalue weighted by Crippen LogP contribution is 2.18. The van der Waals surface area contributed by atoms with Crippen LogP contribution >= 0.6 is 0 Å². The SMILES string of the molecule is C=C1C(=O)N[C@H](C)C(=O)N[C@@H](CCCN=C(N)N)C(=O)N[C@@H](C(=O)O)CC(=O)N[C@@H](CCC(=O)O)C(=O)N[C@@H](/C=C/C(C)=C/[C@H](C)[C@H](Cc2ccccc2)OC)[C@H](C)C(=O)N[C@@H](C(=O)O)CCC(=O)N1C. The van der Waals surface area contributed by atoms with Crippen LogP contribution in [0.25, 0.3) is 0 Å². The number of amides is 7. The van der Waals surface area contributed by atoms with Crippen molar-refractivity contribution in [1.29, 1.82) is 0 Å². The molecule has 9 atom stereocenters. The number of nitrogens with zero attached hydrogens (tertiary/aromatic N) is 2. The number of carbonyl (C=O) groups excluding carboxylic acids is 7. The van der Waals surface area contributed by atoms with Crippen LogP contribution in [0.5, 0.6) is 0 Å². The molecule has 2 rings (SSSR count). The molecule has 1 aromatic rings. The molecule has 0 bridgehead atoms. The van der Waals surface area contributed by atoms with Gasteiger partial charge < -0.3 is 68.3 Å². The lowest BCUT2D eigenvalue weighted by molar-refractivity contribution is -0.144. The van der Waals surface area contributed by atoms with Gasteiger partial charge in [-0.2, -0.15) is 0 Å². The van der Waals surface area contributed by atoms with Crippen LogP contribution in [-0.4, -0.2) is 148 Å². The third kappa shape index (κ3) is 20.9. The molecule has 13 N–H and O–H groups in total. The summed E-state index contributed by atoms with van der Waals surface area (Å²) >= 11 is 0. The van der Waals surface area contributed by atoms with Crippen LogP contribution in [0.15, 0.2) is 71.4 Å². The Labute approximate surface area is 411 Å². The number of nitrogens with two attached hydrogens (primary N) is 2. The first-order valence-corrected chi connectivity index (χ1v) is 22.8. The molecule has 1 saturated heterocycles. The zero-order valence-corrected chi connectivity index (χ0v) is 40.8. The number of hydrogen-bond donors (Lipinski definition) is 11. The molecular formula is C47H68N10O14. The van der Waals surface area contributed by atoms with E-state index in [1.54, 1.807) is 20.1 Å². The molecule has 1 heterocycles. The monoisotopic (exact) mass is 996 g/mol. The fourth-order valence-electron chi connectivity index (χ4n) is 7.09. The van der Waals surface area contributed by atoms with Gasteiger partial charge in [0, 0.05) is 39.5 Å². The molecule has 7 amide bonds. The summed E-state index contributed by atoms with van der Waals surface area (Å²) in [7, 11) is 2.76. The summed E-state index contributed by atoms with van der Waals surface area (Å²) < 4.78 is 5.77. The Hall–Kier alpha value is -7.63. The zero-order valence-electron chi connectivity index (χ0n) is 40.8. The summed E-state index contributed by atoms with van der Waals surface area (Å²) in [6.07, 6.45) is 1.93. The van der Waals surface area contributed by atoms with Gasteiger partial charge in [0.05, 0.1) is 24.5 Å². The van der Waals surface area contributed by atoms with Crippen molar-refractivity contribution in [3.8, 4) is 0 Å². The van der Waals surface area contributed by atoms with E-state index < -0.39 is 139 Å². The van der Waals surface area contributed by atoms with E-state index in [1.807, 2.05) is 43.3 Å². The van der Waals surface area contributed by atoms with Crippen molar-refractivity contribution in [2.24, 2.45) is 28.3 Å². The van der Waals surface area contributed by atoms with Gasteiger partial charge in [0.1, 0.15) is 35.9 Å². The minimum atomic E-state index is -1.98. The average molecular weight is 997 g/mol. The fourth-order valence-corrected chi connectivity index (χ4v) is 7.09. The van der Waals surface area contributed by atoms with E-state index in [2.05, 4.69) is 43.5 Å². The second-order valence-electron chi connectivity index (χ2n) is 17.1. The van der Waals surface area contributed by atoms with Gasteiger partial charge >= 0.3 is 17.9 Å². The standard InChI is InChI=1S/C47H68N10O14/c1-25(22-26(2)36(71-7)23-30-12-9-8-10-13-30)15-16-31-27(3)40(62)55-34(45(67)68)17-19-38(59)57(6)29(5)42(64)51-28(4)41(63)54-32(14-11-21-50-47(48)49)43(65)56-35(46(69)70)24-37(58)52-33(44(66)53-31)18-20-39(60)61/h8-10,12-13,15-16,22,26-28,31-36H,5,11,14,17-21,23-24H2,1-4,6-7H3,(H,51,64)(H,52,58)(H,53,66)(H,54,63)(H,55,62)(H,56,65)(H,60,61)(H,67,68)(H,69,70)(H4,48,49,50)/b16-15+,25-22+/t26-,27-,28+,31-,32-,33-,34+,35+,36-/m0/s1. The van der Waals surface area contributed by atoms with Crippen molar-refractivity contribution in [2.75, 3.05) is 20.7 Å². The predicted molar refractivity (Wildman–Crippen MR) is 257 cm³/mol. The van der Waals surface area contributed by atoms with Crippen molar-refractivity contribution in [3.05, 3.63) is 72.0 Å². The number of rotatable bonds is 16. The van der Waals surface area contributed by atoms with Crippen LogP contribution in [0.3, 0.4) is 0 Å². The van der Waals surface area contributed by atoms with Crippen LogP contribution in [-0.2, 0) is 59.1 Å². The van der Waals surface area contributed by atoms with Gasteiger partial charge in [-0.3, -0.25) is 43.3 Å². The number of carboxylic acids is 3. The fraction of sp³-hybridized carbons (Fsp3) is 0.511. The Bertz CT molecular complexity index is 2200. The van der Waals surface area contributed by atoms with E-state index in [1.165, 1.54) is 27.0 Å². The maximum absolute atomic E-state index is 14.1. The second-order valence-corrected chi connectivity index (χ2v) is 17.1. The van der Waals surface area contributed by atoms with E-state index in [9.17, 15) is 63.3 Å². The molecule has 1 aromatic carbocycles. The van der Waals surface area contributed by atoms with Crippen LogP contribution in [0.2, 0.25) is 0 Å². The highest BCUT2D eigenvalue weighted by molar-refractivity contribution is 6.00. The van der Waals surface area contributed by atoms with Gasteiger partial charge in [-0.15, -0.1) is 0 Å². The topological polar surface area (TPSA) is 380 Å². The van der Waals surface area contributed by atoms with E-state index in [4.69, 9.17) is 16.2 Å². The van der Waals surface area contributed by atoms with Gasteiger partial charge in [0.15, 0.2) is 5.96 Å². The number of hydrogen-bond acceptors (Lipinski definition) is 12. The smallest absolute Gasteiger partial charge is 0.326 e. The van der Waals surface area contributed by atoms with E-state index >= 15 is 0 Å². The first kappa shape index (κ1) is 59.5. The number of ether oxygens (including phenoxy) is 1. The summed E-state index contributed by atoms with van der Waals surface area (Å²) in [5.41, 5.74) is 12.0. The van der Waals surface area contributed by atoms with Crippen LogP contribution in [0.4, 0.5) is 0 Å². The van der Waals surface area contributed by atoms with E-state index in [0.717, 1.165) is 10.5 Å². The Balaban J connectivity index is 2.67. The minimum Gasteiger partial charge on any atom is -0.481 e. The van der Waals surface area contributed by atoms with E-state index in [-0.39, 0.29) is 37.4 Å². The molecule has 0 radical (unpaired) electrons. The highest BCUT2D eigenvalue weighted by Gasteiger charge is 2.34. The van der Waals surface area contributed by atoms with Crippen LogP contribution in [0, 0.1) is 11.8 Å². The second kappa shape index (κ2) is 29.4.